The first-order chi connectivity index (χ1) is 50.2. The fourth-order valence-corrected chi connectivity index (χ4v) is 19.5. The number of carbonyl (C=O) groups excluding carboxylic acids is 8. The van der Waals surface area contributed by atoms with Gasteiger partial charge in [-0.2, -0.15) is 4.73 Å². The lowest BCUT2D eigenvalue weighted by Crippen LogP contribution is -2.62. The van der Waals surface area contributed by atoms with Gasteiger partial charge in [0, 0.05) is 68.2 Å². The van der Waals surface area contributed by atoms with E-state index in [1.807, 2.05) is 0 Å². The molecule has 5 unspecified atom stereocenters. The van der Waals surface area contributed by atoms with Gasteiger partial charge in [0.15, 0.2) is 23.5 Å². The minimum absolute atomic E-state index is 0.00672. The van der Waals surface area contributed by atoms with E-state index in [0.29, 0.717) is 16.2 Å². The summed E-state index contributed by atoms with van der Waals surface area (Å²) < 4.78 is 38.4. The largest absolute Gasteiger partial charge is 0.506 e. The number of aromatic nitrogens is 7. The summed E-state index contributed by atoms with van der Waals surface area (Å²) >= 11 is 5.86. The van der Waals surface area contributed by atoms with Crippen molar-refractivity contribution in [2.75, 3.05) is 47.4 Å². The highest BCUT2D eigenvalue weighted by atomic mass is 32.2. The highest BCUT2D eigenvalue weighted by Crippen LogP contribution is 2.44. The van der Waals surface area contributed by atoms with Crippen LogP contribution in [0.25, 0.3) is 49.3 Å². The quantitative estimate of drug-likeness (QED) is 0.0376. The molecular weight excluding hydrogens is 1480 g/mol. The molecular formula is C66H69N15O18S6. The number of nitrogens with two attached hydrogens (primary N) is 1. The van der Waals surface area contributed by atoms with Crippen molar-refractivity contribution in [2.45, 2.75) is 125 Å². The summed E-state index contributed by atoms with van der Waals surface area (Å²) in [7, 11) is 4.85. The van der Waals surface area contributed by atoms with Crippen molar-refractivity contribution in [3.05, 3.63) is 112 Å². The lowest BCUT2D eigenvalue weighted by molar-refractivity contribution is -0.280. The van der Waals surface area contributed by atoms with Crippen LogP contribution in [0.2, 0.25) is 0 Å². The van der Waals surface area contributed by atoms with E-state index in [4.69, 9.17) is 49.1 Å². The van der Waals surface area contributed by atoms with Crippen molar-refractivity contribution in [1.82, 2.24) is 71.0 Å². The lowest BCUT2D eigenvalue weighted by Gasteiger charge is -2.48. The second-order valence-electron chi connectivity index (χ2n) is 26.3. The molecule has 11 N–H and O–H groups in total. The number of aliphatic hydroxyl groups is 2. The third-order valence-corrected chi connectivity index (χ3v) is 24.8. The number of thiazole rings is 5. The number of pyridine rings is 1. The number of hydrogen-bond donors (Lipinski definition) is 10. The second kappa shape index (κ2) is 29.4. The molecule has 6 aliphatic rings. The number of amides is 6. The molecule has 14 rings (SSSR count). The number of primary amides is 1. The van der Waals surface area contributed by atoms with Crippen molar-refractivity contribution >= 4 is 132 Å². The molecule has 105 heavy (non-hydrogen) atoms. The lowest BCUT2D eigenvalue weighted by atomic mass is 9.85. The number of aliphatic hydroxyl groups excluding tert-OH is 1. The number of esters is 2. The number of hydrogen-bond acceptors (Lipinski definition) is 32. The number of ether oxygens (including phenoxy) is 6. The molecule has 39 heteroatoms. The smallest absolute Gasteiger partial charge is 0.358 e. The first-order valence-corrected chi connectivity index (χ1v) is 38.2. The zero-order valence-electron chi connectivity index (χ0n) is 56.8. The number of rotatable bonds is 11. The average molecular weight is 1550 g/mol. The monoisotopic (exact) mass is 1550 g/mol. The van der Waals surface area contributed by atoms with Crippen LogP contribution in [-0.4, -0.2) is 219 Å². The number of thioether (sulfide) groups is 1. The van der Waals surface area contributed by atoms with Gasteiger partial charge < -0.3 is 91.1 Å². The number of fused-ring (bicyclic) bond motifs is 17. The molecule has 13 heterocycles. The Morgan fingerprint density at radius 3 is 2.27 bits per heavy atom. The van der Waals surface area contributed by atoms with Crippen LogP contribution in [0.5, 0.6) is 5.75 Å². The molecule has 0 aliphatic carbocycles. The van der Waals surface area contributed by atoms with Crippen LogP contribution in [0.3, 0.4) is 0 Å². The van der Waals surface area contributed by atoms with Crippen LogP contribution in [0.1, 0.15) is 131 Å². The van der Waals surface area contributed by atoms with Gasteiger partial charge in [0.05, 0.1) is 43.1 Å². The highest BCUT2D eigenvalue weighted by Gasteiger charge is 2.50. The zero-order valence-corrected chi connectivity index (χ0v) is 61.7. The van der Waals surface area contributed by atoms with E-state index in [0.717, 1.165) is 82.7 Å². The molecule has 552 valence electrons. The maximum Gasteiger partial charge on any atom is 0.358 e. The molecule has 7 aromatic heterocycles. The molecule has 0 spiro atoms. The minimum Gasteiger partial charge on any atom is -0.506 e. The predicted molar refractivity (Wildman–Crippen MR) is 381 cm³/mol. The molecule has 14 bridgehead atoms. The summed E-state index contributed by atoms with van der Waals surface area (Å²) in [6.45, 7) is 6.88. The first-order valence-electron chi connectivity index (χ1n) is 32.9. The van der Waals surface area contributed by atoms with Crippen molar-refractivity contribution in [3.8, 4) is 38.4 Å². The third kappa shape index (κ3) is 14.4. The van der Waals surface area contributed by atoms with Crippen molar-refractivity contribution in [1.29, 1.82) is 0 Å². The molecule has 6 aliphatic heterocycles. The van der Waals surface area contributed by atoms with Crippen molar-refractivity contribution in [3.63, 3.8) is 0 Å². The number of nitrogens with one attached hydrogen (secondary N) is 5. The number of likely N-dealkylation sites (N-methyl/N-ethyl adjacent to an activating group) is 1. The summed E-state index contributed by atoms with van der Waals surface area (Å²) in [5.74, 6) is -7.47. The Balaban J connectivity index is 0.906. The van der Waals surface area contributed by atoms with Gasteiger partial charge in [-0.25, -0.2) is 39.5 Å². The van der Waals surface area contributed by atoms with Gasteiger partial charge in [0.1, 0.15) is 120 Å². The number of methoxy groups -OCH3 is 1. The summed E-state index contributed by atoms with van der Waals surface area (Å²) in [5.41, 5.74) is 3.20. The maximum absolute atomic E-state index is 15.2. The molecule has 8 aromatic rings. The Kier molecular flexibility index (Phi) is 20.4. The average Bonchev–Trinajstić information content (AvgIpc) is 1.63. The van der Waals surface area contributed by atoms with Crippen molar-refractivity contribution < 1.29 is 87.3 Å². The van der Waals surface area contributed by atoms with Gasteiger partial charge in [0.2, 0.25) is 5.91 Å². The van der Waals surface area contributed by atoms with Crippen LogP contribution in [0.4, 0.5) is 0 Å². The van der Waals surface area contributed by atoms with Gasteiger partial charge in [-0.05, 0) is 78.4 Å². The van der Waals surface area contributed by atoms with Crippen LogP contribution < -0.4 is 32.3 Å². The number of nitrogens with zero attached hydrogens (tertiary/aromatic N) is 9. The maximum atomic E-state index is 15.2. The van der Waals surface area contributed by atoms with Crippen LogP contribution >= 0.6 is 68.4 Å². The summed E-state index contributed by atoms with van der Waals surface area (Å²) in [4.78, 5) is 149. The van der Waals surface area contributed by atoms with E-state index >= 15 is 19.2 Å². The SMILES string of the molecule is CO/C(C)=C1/NC(=O)C([C@@H](C)O)NC(=O)c2csc(n2)-c2cc(O)c(-c3nc(C(=O)NC(SC4CN5CCC4C5)C(N)=O)cs3)nc2-c2csc(n2)[C@@H]2COC(=O)c3c4c5c(cccc5n3O)COC(=O)[C@@H](O[C@H]3C[C@](C)(O)[C@H](N(C)C)[C@H](C)O3)[C@@H](OC4)[C@H](NC(=O)c3csc1n3)c1nc(cs1)C(=O)N2. The Labute approximate surface area is 620 Å². The van der Waals surface area contributed by atoms with E-state index in [1.165, 1.54) is 66.4 Å². The zero-order chi connectivity index (χ0) is 74.2. The number of allylic oxidation sites excluding steroid dienone is 1. The highest BCUT2D eigenvalue weighted by molar-refractivity contribution is 8.01. The van der Waals surface area contributed by atoms with Gasteiger partial charge >= 0.3 is 11.9 Å². The van der Waals surface area contributed by atoms with E-state index in [2.05, 4.69) is 46.4 Å². The number of cyclic esters (lactones) is 2. The standard InChI is InChI=1S/C66H69N15O18S6/c1-25(82)43-57(89)76-44(26(2)94-7)60-71-36(23-102-60)55(87)77-47-49-50(99-41-14-66(4,92)51(79(5)6)27(3)98-41)65(91)96-17-29-9-8-10-38-42(29)31(18-95-49)48(81(38)93)64(90)97-19-32(68-53(85)34-22-104-62(47)73-34)59-69-33(20-101-59)45-30(58-70-35(21-100-58)54(86)75-43)13-39(83)46(74-45)61-72-37(24-103-61)56(88)78-63(52(67)84)105-40-16-80-12-11-28(40)15-80/h8-10,13,20-25,27-28,32,40-41,43,47,49-51,63,82-83,92-93H,11-12,14-19H2,1-7H3,(H2,67,84)(H,68,85)(H,75,86)(H,76,89)(H,77,87)(H,78,88)/b44-26+/t25-,27+,28?,32+,40?,41+,43?,47+,49+,50+,51-,63?,66+/m1/s1. The molecule has 14 atom stereocenters. The van der Waals surface area contributed by atoms with E-state index in [-0.39, 0.29) is 110 Å². The fraction of sp³-hybridized carbons (Fsp3) is 0.424. The Hall–Kier alpha value is -8.97. The topological polar surface area (TPSA) is 448 Å². The molecule has 1 aromatic carbocycles. The number of benzene rings is 1. The number of carbonyl (C=O) groups is 8. The van der Waals surface area contributed by atoms with Gasteiger partial charge in [-0.15, -0.1) is 68.4 Å². The van der Waals surface area contributed by atoms with Crippen LogP contribution in [0.15, 0.2) is 56.9 Å². The normalized spacial score (nSPS) is 26.9. The molecule has 6 amide bonds. The first kappa shape index (κ1) is 73.0. The number of aromatic hydroxyl groups is 1. The summed E-state index contributed by atoms with van der Waals surface area (Å²) in [5, 5.41) is 67.5. The van der Waals surface area contributed by atoms with Gasteiger partial charge in [-0.3, -0.25) is 28.8 Å². The Morgan fingerprint density at radius 2 is 1.55 bits per heavy atom. The van der Waals surface area contributed by atoms with E-state index in [9.17, 15) is 39.7 Å². The molecule has 33 nitrogen and oxygen atoms in total. The van der Waals surface area contributed by atoms with Crippen molar-refractivity contribution in [2.24, 2.45) is 11.7 Å². The third-order valence-electron chi connectivity index (χ3n) is 18.9. The van der Waals surface area contributed by atoms with Crippen LogP contribution in [-0.2, 0) is 56.0 Å². The predicted octanol–water partition coefficient (Wildman–Crippen LogP) is 4.14. The van der Waals surface area contributed by atoms with Gasteiger partial charge in [0.25, 0.3) is 29.5 Å². The fourth-order valence-electron chi connectivity index (χ4n) is 13.9. The summed E-state index contributed by atoms with van der Waals surface area (Å²) in [6, 6.07) is 0.700. The van der Waals surface area contributed by atoms with E-state index in [1.54, 1.807) is 50.4 Å². The second-order valence-corrected chi connectivity index (χ2v) is 32.0. The summed E-state index contributed by atoms with van der Waals surface area (Å²) in [6.07, 6.45) is -6.59. The molecule has 3 saturated heterocycles. The Bertz CT molecular complexity index is 4830. The van der Waals surface area contributed by atoms with Gasteiger partial charge in [-0.1, -0.05) is 12.1 Å². The molecule has 0 saturated carbocycles. The minimum atomic E-state index is -1.92. The number of piperidine rings is 1. The molecule has 0 radical (unpaired) electrons. The van der Waals surface area contributed by atoms with E-state index < -0.39 is 144 Å². The Morgan fingerprint density at radius 1 is 0.857 bits per heavy atom. The molecule has 3 fully saturated rings. The van der Waals surface area contributed by atoms with Crippen LogP contribution in [0, 0.1) is 5.92 Å².